The summed E-state index contributed by atoms with van der Waals surface area (Å²) in [5.74, 6) is -0.209. The second kappa shape index (κ2) is 12.1. The molecule has 2 unspecified atom stereocenters. The van der Waals surface area contributed by atoms with Gasteiger partial charge >= 0.3 is 0 Å². The van der Waals surface area contributed by atoms with Crippen molar-refractivity contribution in [1.82, 2.24) is 15.5 Å². The van der Waals surface area contributed by atoms with Gasteiger partial charge in [-0.2, -0.15) is 0 Å². The highest BCUT2D eigenvalue weighted by Crippen LogP contribution is 2.19. The number of piperidine rings is 1. The van der Waals surface area contributed by atoms with Crippen molar-refractivity contribution in [3.8, 4) is 0 Å². The lowest BCUT2D eigenvalue weighted by Crippen LogP contribution is -2.55. The van der Waals surface area contributed by atoms with Gasteiger partial charge in [0.05, 0.1) is 5.92 Å². The summed E-state index contributed by atoms with van der Waals surface area (Å²) in [5, 5.41) is 5.67. The largest absolute Gasteiger partial charge is 0.355 e. The van der Waals surface area contributed by atoms with Crippen LogP contribution in [0.3, 0.4) is 0 Å². The van der Waals surface area contributed by atoms with Gasteiger partial charge in [0.1, 0.15) is 6.04 Å². The molecule has 0 aromatic rings. The maximum atomic E-state index is 12.9. The Morgan fingerprint density at radius 1 is 1.19 bits per heavy atom. The molecule has 7 nitrogen and oxygen atoms in total. The molecule has 1 heterocycles. The first-order valence-electron chi connectivity index (χ1n) is 9.32. The Labute approximate surface area is 163 Å². The third-order valence-electron chi connectivity index (χ3n) is 4.39. The van der Waals surface area contributed by atoms with E-state index in [1.54, 1.807) is 4.90 Å². The number of nitrogens with two attached hydrogens (primary N) is 1. The molecule has 1 aliphatic heterocycles. The average molecular weight is 391 g/mol. The smallest absolute Gasteiger partial charge is 0.245 e. The van der Waals surface area contributed by atoms with Crippen molar-refractivity contribution in [2.45, 2.75) is 53.0 Å². The Morgan fingerprint density at radius 3 is 2.38 bits per heavy atom. The van der Waals surface area contributed by atoms with Crippen LogP contribution >= 0.6 is 12.4 Å². The molecule has 26 heavy (non-hydrogen) atoms. The third kappa shape index (κ3) is 7.91. The summed E-state index contributed by atoms with van der Waals surface area (Å²) in [5.41, 5.74) is 5.42. The van der Waals surface area contributed by atoms with Crippen molar-refractivity contribution in [2.24, 2.45) is 23.5 Å². The van der Waals surface area contributed by atoms with Gasteiger partial charge in [0.2, 0.25) is 17.7 Å². The number of hydrogen-bond acceptors (Lipinski definition) is 4. The van der Waals surface area contributed by atoms with Crippen LogP contribution < -0.4 is 16.4 Å². The van der Waals surface area contributed by atoms with Crippen LogP contribution in [0.5, 0.6) is 0 Å². The highest BCUT2D eigenvalue weighted by atomic mass is 35.5. The van der Waals surface area contributed by atoms with Crippen LogP contribution in [0.1, 0.15) is 47.0 Å². The maximum absolute atomic E-state index is 12.9. The molecule has 0 bridgehead atoms. The topological polar surface area (TPSA) is 105 Å². The second-order valence-corrected chi connectivity index (χ2v) is 7.59. The number of nitrogens with one attached hydrogen (secondary N) is 2. The summed E-state index contributed by atoms with van der Waals surface area (Å²) in [6, 6.07) is -0.544. The van der Waals surface area contributed by atoms with Gasteiger partial charge in [0.25, 0.3) is 0 Å². The SMILES string of the molecule is CC(C)CC(=O)NC(C(=O)N1CCCC(C(=O)NCCN)C1)C(C)C.Cl. The Hall–Kier alpha value is -1.34. The Kier molecular flexibility index (Phi) is 11.5. The van der Waals surface area contributed by atoms with Crippen LogP contribution in [0.2, 0.25) is 0 Å². The number of rotatable bonds is 8. The van der Waals surface area contributed by atoms with Gasteiger partial charge in [-0.25, -0.2) is 0 Å². The molecule has 0 radical (unpaired) electrons. The van der Waals surface area contributed by atoms with Gasteiger partial charge in [-0.05, 0) is 24.7 Å². The van der Waals surface area contributed by atoms with E-state index < -0.39 is 6.04 Å². The molecule has 1 saturated heterocycles. The zero-order valence-corrected chi connectivity index (χ0v) is 17.2. The third-order valence-corrected chi connectivity index (χ3v) is 4.39. The van der Waals surface area contributed by atoms with E-state index in [-0.39, 0.29) is 47.9 Å². The fraction of sp³-hybridized carbons (Fsp3) is 0.833. The van der Waals surface area contributed by atoms with Crippen LogP contribution in [-0.4, -0.2) is 54.8 Å². The van der Waals surface area contributed by atoms with Crippen LogP contribution in [0.25, 0.3) is 0 Å². The van der Waals surface area contributed by atoms with E-state index in [1.165, 1.54) is 0 Å². The normalized spacial score (nSPS) is 18.3. The summed E-state index contributed by atoms with van der Waals surface area (Å²) in [4.78, 5) is 38.9. The quantitative estimate of drug-likeness (QED) is 0.572. The molecule has 0 aromatic carbocycles. The molecule has 0 spiro atoms. The zero-order valence-electron chi connectivity index (χ0n) is 16.4. The van der Waals surface area contributed by atoms with E-state index in [2.05, 4.69) is 10.6 Å². The lowest BCUT2D eigenvalue weighted by atomic mass is 9.94. The second-order valence-electron chi connectivity index (χ2n) is 7.59. The Balaban J connectivity index is 0.00000625. The first-order valence-corrected chi connectivity index (χ1v) is 9.32. The van der Waals surface area contributed by atoms with Crippen molar-refractivity contribution in [1.29, 1.82) is 0 Å². The highest BCUT2D eigenvalue weighted by molar-refractivity contribution is 5.88. The summed E-state index contributed by atoms with van der Waals surface area (Å²) in [6.07, 6.45) is 1.96. The number of hydrogen-bond donors (Lipinski definition) is 3. The highest BCUT2D eigenvalue weighted by Gasteiger charge is 2.33. The lowest BCUT2D eigenvalue weighted by molar-refractivity contribution is -0.141. The fourth-order valence-corrected chi connectivity index (χ4v) is 3.04. The van der Waals surface area contributed by atoms with E-state index >= 15 is 0 Å². The molecule has 1 rings (SSSR count). The molecule has 1 fully saturated rings. The first-order chi connectivity index (χ1) is 11.8. The van der Waals surface area contributed by atoms with E-state index in [1.807, 2.05) is 27.7 Å². The predicted molar refractivity (Wildman–Crippen MR) is 105 cm³/mol. The summed E-state index contributed by atoms with van der Waals surface area (Å²) < 4.78 is 0. The van der Waals surface area contributed by atoms with E-state index in [4.69, 9.17) is 5.73 Å². The molecular weight excluding hydrogens is 356 g/mol. The minimum atomic E-state index is -0.544. The van der Waals surface area contributed by atoms with Crippen molar-refractivity contribution < 1.29 is 14.4 Å². The minimum Gasteiger partial charge on any atom is -0.355 e. The number of carbonyl (C=O) groups excluding carboxylic acids is 3. The van der Waals surface area contributed by atoms with E-state index in [9.17, 15) is 14.4 Å². The lowest BCUT2D eigenvalue weighted by Gasteiger charge is -2.35. The van der Waals surface area contributed by atoms with Gasteiger partial charge in [-0.3, -0.25) is 14.4 Å². The predicted octanol–water partition coefficient (Wildman–Crippen LogP) is 0.909. The maximum Gasteiger partial charge on any atom is 0.245 e. The van der Waals surface area contributed by atoms with Crippen molar-refractivity contribution in [3.05, 3.63) is 0 Å². The van der Waals surface area contributed by atoms with Crippen LogP contribution in [0.15, 0.2) is 0 Å². The molecule has 2 atom stereocenters. The fourth-order valence-electron chi connectivity index (χ4n) is 3.04. The van der Waals surface area contributed by atoms with Gasteiger partial charge in [-0.1, -0.05) is 27.7 Å². The van der Waals surface area contributed by atoms with E-state index in [0.717, 1.165) is 12.8 Å². The molecule has 0 aromatic heterocycles. The number of halogens is 1. The van der Waals surface area contributed by atoms with E-state index in [0.29, 0.717) is 32.6 Å². The van der Waals surface area contributed by atoms with Gasteiger partial charge in [0.15, 0.2) is 0 Å². The van der Waals surface area contributed by atoms with Crippen LogP contribution in [0.4, 0.5) is 0 Å². The molecule has 3 amide bonds. The van der Waals surface area contributed by atoms with Crippen LogP contribution in [0, 0.1) is 17.8 Å². The molecule has 152 valence electrons. The van der Waals surface area contributed by atoms with Gasteiger partial charge in [0, 0.05) is 32.6 Å². The molecule has 8 heteroatoms. The zero-order chi connectivity index (χ0) is 19.0. The number of amides is 3. The summed E-state index contributed by atoms with van der Waals surface area (Å²) >= 11 is 0. The number of likely N-dealkylation sites (tertiary alicyclic amines) is 1. The van der Waals surface area contributed by atoms with Crippen LogP contribution in [-0.2, 0) is 14.4 Å². The summed E-state index contributed by atoms with van der Waals surface area (Å²) in [7, 11) is 0. The standard InChI is InChI=1S/C18H34N4O3.ClH/c1-12(2)10-15(23)21-16(13(3)4)18(25)22-9-5-6-14(11-22)17(24)20-8-7-19;/h12-14,16H,5-11,19H2,1-4H3,(H,20,24)(H,21,23);1H. The number of carbonyl (C=O) groups is 3. The molecule has 0 saturated carbocycles. The molecular formula is C18H35ClN4O3. The minimum absolute atomic E-state index is 0. The monoisotopic (exact) mass is 390 g/mol. The number of nitrogens with zero attached hydrogens (tertiary/aromatic N) is 1. The Bertz CT molecular complexity index is 471. The molecule has 1 aliphatic rings. The first kappa shape index (κ1) is 24.7. The van der Waals surface area contributed by atoms with Crippen molar-refractivity contribution in [2.75, 3.05) is 26.2 Å². The molecule has 4 N–H and O–H groups in total. The average Bonchev–Trinajstić information content (AvgIpc) is 2.56. The van der Waals surface area contributed by atoms with Gasteiger partial charge in [-0.15, -0.1) is 12.4 Å². The van der Waals surface area contributed by atoms with Crippen molar-refractivity contribution in [3.63, 3.8) is 0 Å². The van der Waals surface area contributed by atoms with Crippen molar-refractivity contribution >= 4 is 30.1 Å². The Morgan fingerprint density at radius 2 is 1.85 bits per heavy atom. The van der Waals surface area contributed by atoms with Gasteiger partial charge < -0.3 is 21.3 Å². The summed E-state index contributed by atoms with van der Waals surface area (Å²) in [6.45, 7) is 9.67. The molecule has 0 aliphatic carbocycles.